The molecule has 1 aromatic carbocycles. The van der Waals surface area contributed by atoms with Crippen LogP contribution in [-0.4, -0.2) is 63.5 Å². The molecule has 0 spiro atoms. The Morgan fingerprint density at radius 1 is 1.32 bits per heavy atom. The molecule has 1 aliphatic carbocycles. The third kappa shape index (κ3) is 5.69. The van der Waals surface area contributed by atoms with Crippen molar-refractivity contribution in [2.24, 2.45) is 5.92 Å². The summed E-state index contributed by atoms with van der Waals surface area (Å²) in [5.74, 6) is 0.619. The van der Waals surface area contributed by atoms with Gasteiger partial charge >= 0.3 is 0 Å². The number of benzene rings is 1. The van der Waals surface area contributed by atoms with E-state index in [4.69, 9.17) is 5.11 Å². The maximum Gasteiger partial charge on any atom is 0.244 e. The zero-order valence-electron chi connectivity index (χ0n) is 17.7. The first-order chi connectivity index (χ1) is 15.0. The van der Waals surface area contributed by atoms with Crippen LogP contribution in [0.15, 0.2) is 30.6 Å². The highest BCUT2D eigenvalue weighted by atomic mass is 16.3. The molecule has 9 heteroatoms. The maximum atomic E-state index is 12.6. The quantitative estimate of drug-likeness (QED) is 0.424. The van der Waals surface area contributed by atoms with Gasteiger partial charge in [-0.3, -0.25) is 9.78 Å². The molecule has 1 saturated carbocycles. The van der Waals surface area contributed by atoms with Gasteiger partial charge in [0.1, 0.15) is 24.2 Å². The number of likely N-dealkylation sites (N-methyl/N-ethyl adjacent to an activating group) is 1. The second kappa shape index (κ2) is 10.2. The molecule has 2 unspecified atom stereocenters. The number of hydrogen-bond acceptors (Lipinski definition) is 8. The fourth-order valence-electron chi connectivity index (χ4n) is 3.21. The van der Waals surface area contributed by atoms with E-state index in [0.717, 1.165) is 18.4 Å². The Bertz CT molecular complexity index is 939. The lowest BCUT2D eigenvalue weighted by atomic mass is 10.1. The zero-order valence-corrected chi connectivity index (χ0v) is 17.7. The van der Waals surface area contributed by atoms with Gasteiger partial charge in [0, 0.05) is 25.1 Å². The van der Waals surface area contributed by atoms with Crippen molar-refractivity contribution in [2.45, 2.75) is 38.5 Å². The number of amides is 1. The summed E-state index contributed by atoms with van der Waals surface area (Å²) < 4.78 is 0. The van der Waals surface area contributed by atoms with E-state index in [2.05, 4.69) is 26.7 Å². The molecule has 1 heterocycles. The van der Waals surface area contributed by atoms with Crippen molar-refractivity contribution in [1.82, 2.24) is 14.9 Å². The van der Waals surface area contributed by atoms with Crippen LogP contribution in [0.1, 0.15) is 31.7 Å². The largest absolute Gasteiger partial charge is 0.395 e. The summed E-state index contributed by atoms with van der Waals surface area (Å²) in [5, 5.41) is 34.7. The molecule has 1 aromatic heterocycles. The van der Waals surface area contributed by atoms with Crippen molar-refractivity contribution in [3.05, 3.63) is 36.2 Å². The van der Waals surface area contributed by atoms with E-state index in [1.165, 1.54) is 4.90 Å². The molecule has 1 aliphatic rings. The van der Waals surface area contributed by atoms with E-state index in [-0.39, 0.29) is 25.0 Å². The minimum Gasteiger partial charge on any atom is -0.395 e. The number of carbonyl (C=O) groups is 1. The molecular formula is C22H28N6O3. The SMILES string of the molecule is CCC(Nc1cc(-c2cnc(NC(O)C3CC3)cn2)ccc1C#N)C(=O)N(C)CCO. The summed E-state index contributed by atoms with van der Waals surface area (Å²) in [6, 6.07) is 6.85. The van der Waals surface area contributed by atoms with E-state index in [1.807, 2.05) is 6.92 Å². The zero-order chi connectivity index (χ0) is 22.4. The topological polar surface area (TPSA) is 134 Å². The number of anilines is 2. The molecule has 0 bridgehead atoms. The summed E-state index contributed by atoms with van der Waals surface area (Å²) in [7, 11) is 1.63. The predicted octanol–water partition coefficient (Wildman–Crippen LogP) is 1.80. The number of aliphatic hydroxyl groups is 2. The number of hydrogen-bond donors (Lipinski definition) is 4. The molecule has 2 atom stereocenters. The molecule has 31 heavy (non-hydrogen) atoms. The van der Waals surface area contributed by atoms with Gasteiger partial charge in [0.2, 0.25) is 5.91 Å². The van der Waals surface area contributed by atoms with Gasteiger partial charge in [0.25, 0.3) is 0 Å². The minimum absolute atomic E-state index is 0.112. The normalized spacial score (nSPS) is 14.9. The molecule has 1 amide bonds. The van der Waals surface area contributed by atoms with Crippen LogP contribution < -0.4 is 10.6 Å². The Labute approximate surface area is 181 Å². The van der Waals surface area contributed by atoms with Crippen molar-refractivity contribution < 1.29 is 15.0 Å². The number of nitrogens with one attached hydrogen (secondary N) is 2. The van der Waals surface area contributed by atoms with Crippen LogP contribution in [0.5, 0.6) is 0 Å². The van der Waals surface area contributed by atoms with Crippen molar-refractivity contribution in [1.29, 1.82) is 5.26 Å². The van der Waals surface area contributed by atoms with E-state index < -0.39 is 12.3 Å². The smallest absolute Gasteiger partial charge is 0.244 e. The standard InChI is InChI=1S/C22H28N6O3/c1-3-17(22(31)28(2)8-9-29)26-18-10-15(6-7-16(18)11-23)19-12-25-20(13-24-19)27-21(30)14-4-5-14/h6-7,10,12-14,17,21,26,29-30H,3-5,8-9H2,1-2H3,(H,25,27). The van der Waals surface area contributed by atoms with Crippen LogP contribution in [0.3, 0.4) is 0 Å². The second-order valence-corrected chi connectivity index (χ2v) is 7.67. The third-order valence-electron chi connectivity index (χ3n) is 5.30. The Morgan fingerprint density at radius 2 is 2.10 bits per heavy atom. The first kappa shape index (κ1) is 22.5. The van der Waals surface area contributed by atoms with E-state index in [1.54, 1.807) is 37.6 Å². The van der Waals surface area contributed by atoms with Gasteiger partial charge in [0.15, 0.2) is 0 Å². The number of aromatic nitrogens is 2. The number of nitrogens with zero attached hydrogens (tertiary/aromatic N) is 4. The highest BCUT2D eigenvalue weighted by Crippen LogP contribution is 2.32. The predicted molar refractivity (Wildman–Crippen MR) is 117 cm³/mol. The van der Waals surface area contributed by atoms with Gasteiger partial charge in [-0.25, -0.2) is 4.98 Å². The molecule has 4 N–H and O–H groups in total. The molecule has 0 radical (unpaired) electrons. The number of carbonyl (C=O) groups excluding carboxylic acids is 1. The minimum atomic E-state index is -0.613. The highest BCUT2D eigenvalue weighted by Gasteiger charge is 2.29. The Balaban J connectivity index is 1.78. The van der Waals surface area contributed by atoms with Crippen LogP contribution in [0, 0.1) is 17.2 Å². The summed E-state index contributed by atoms with van der Waals surface area (Å²) in [6.45, 7) is 2.01. The van der Waals surface area contributed by atoms with Gasteiger partial charge in [-0.1, -0.05) is 13.0 Å². The van der Waals surface area contributed by atoms with Crippen molar-refractivity contribution in [2.75, 3.05) is 30.8 Å². The van der Waals surface area contributed by atoms with Crippen molar-refractivity contribution in [3.63, 3.8) is 0 Å². The Morgan fingerprint density at radius 3 is 2.68 bits per heavy atom. The second-order valence-electron chi connectivity index (χ2n) is 7.67. The lowest BCUT2D eigenvalue weighted by Crippen LogP contribution is -2.41. The molecule has 3 rings (SSSR count). The number of aliphatic hydroxyl groups excluding tert-OH is 2. The van der Waals surface area contributed by atoms with Gasteiger partial charge < -0.3 is 25.7 Å². The fourth-order valence-corrected chi connectivity index (χ4v) is 3.21. The van der Waals surface area contributed by atoms with Gasteiger partial charge in [-0.2, -0.15) is 5.26 Å². The van der Waals surface area contributed by atoms with Crippen LogP contribution in [-0.2, 0) is 4.79 Å². The fraction of sp³-hybridized carbons (Fsp3) is 0.455. The first-order valence-corrected chi connectivity index (χ1v) is 10.4. The molecule has 1 fully saturated rings. The van der Waals surface area contributed by atoms with Gasteiger partial charge in [-0.15, -0.1) is 0 Å². The van der Waals surface area contributed by atoms with E-state index in [0.29, 0.717) is 29.2 Å². The van der Waals surface area contributed by atoms with Crippen molar-refractivity contribution in [3.8, 4) is 17.3 Å². The molecule has 9 nitrogen and oxygen atoms in total. The lowest BCUT2D eigenvalue weighted by molar-refractivity contribution is -0.131. The summed E-state index contributed by atoms with van der Waals surface area (Å²) in [4.78, 5) is 22.8. The molecule has 2 aromatic rings. The average Bonchev–Trinajstić information content (AvgIpc) is 3.63. The van der Waals surface area contributed by atoms with Crippen LogP contribution in [0.2, 0.25) is 0 Å². The number of rotatable bonds is 10. The third-order valence-corrected chi connectivity index (χ3v) is 5.30. The van der Waals surface area contributed by atoms with Gasteiger partial charge in [0.05, 0.1) is 35.9 Å². The molecule has 0 saturated heterocycles. The Hall–Kier alpha value is -3.22. The average molecular weight is 425 g/mol. The lowest BCUT2D eigenvalue weighted by Gasteiger charge is -2.24. The summed E-state index contributed by atoms with van der Waals surface area (Å²) >= 11 is 0. The Kier molecular flexibility index (Phi) is 7.39. The highest BCUT2D eigenvalue weighted by molar-refractivity contribution is 5.85. The summed E-state index contributed by atoms with van der Waals surface area (Å²) in [5.41, 5.74) is 2.30. The molecule has 164 valence electrons. The van der Waals surface area contributed by atoms with Crippen LogP contribution in [0.4, 0.5) is 11.5 Å². The van der Waals surface area contributed by atoms with Gasteiger partial charge in [-0.05, 0) is 31.4 Å². The molecule has 0 aliphatic heterocycles. The van der Waals surface area contributed by atoms with E-state index in [9.17, 15) is 15.2 Å². The first-order valence-electron chi connectivity index (χ1n) is 10.4. The summed E-state index contributed by atoms with van der Waals surface area (Å²) in [6.07, 6.45) is 5.10. The van der Waals surface area contributed by atoms with Crippen LogP contribution in [0.25, 0.3) is 11.3 Å². The maximum absolute atomic E-state index is 12.6. The van der Waals surface area contributed by atoms with E-state index >= 15 is 0 Å². The molecular weight excluding hydrogens is 396 g/mol. The van der Waals surface area contributed by atoms with Crippen LogP contribution >= 0.6 is 0 Å². The number of nitriles is 1. The van der Waals surface area contributed by atoms with Crippen molar-refractivity contribution >= 4 is 17.4 Å². The monoisotopic (exact) mass is 424 g/mol.